The average Bonchev–Trinajstić information content (AvgIpc) is 2.69. The molecule has 29 heavy (non-hydrogen) atoms. The zero-order chi connectivity index (χ0) is 21.1. The van der Waals surface area contributed by atoms with Crippen LogP contribution in [0.3, 0.4) is 0 Å². The molecule has 0 saturated carbocycles. The van der Waals surface area contributed by atoms with Crippen LogP contribution < -0.4 is 5.56 Å². The van der Waals surface area contributed by atoms with Crippen LogP contribution >= 0.6 is 11.6 Å². The van der Waals surface area contributed by atoms with E-state index in [1.54, 1.807) is 48.5 Å². The van der Waals surface area contributed by atoms with E-state index in [0.717, 1.165) is 15.8 Å². The second kappa shape index (κ2) is 8.13. The van der Waals surface area contributed by atoms with Crippen LogP contribution in [0, 0.1) is 25.2 Å². The topological polar surface area (TPSA) is 96.0 Å². The molecule has 0 aliphatic rings. The van der Waals surface area contributed by atoms with E-state index in [9.17, 15) is 20.0 Å². The fourth-order valence-electron chi connectivity index (χ4n) is 2.78. The van der Waals surface area contributed by atoms with E-state index in [-0.39, 0.29) is 11.1 Å². The Morgan fingerprint density at radius 2 is 1.90 bits per heavy atom. The second-order valence-corrected chi connectivity index (χ2v) is 6.80. The van der Waals surface area contributed by atoms with Gasteiger partial charge in [0.05, 0.1) is 5.69 Å². The minimum Gasteiger partial charge on any atom is -0.476 e. The van der Waals surface area contributed by atoms with Gasteiger partial charge in [-0.05, 0) is 48.7 Å². The van der Waals surface area contributed by atoms with Crippen LogP contribution in [0.2, 0.25) is 5.02 Å². The highest BCUT2D eigenvalue weighted by Crippen LogP contribution is 2.20. The average molecular weight is 406 g/mol. The van der Waals surface area contributed by atoms with Crippen molar-refractivity contribution in [2.75, 3.05) is 0 Å². The summed E-state index contributed by atoms with van der Waals surface area (Å²) in [4.78, 5) is 24.7. The van der Waals surface area contributed by atoms with Crippen molar-refractivity contribution < 1.29 is 9.90 Å². The minimum atomic E-state index is -1.35. The van der Waals surface area contributed by atoms with Crippen LogP contribution in [-0.4, -0.2) is 20.9 Å². The van der Waals surface area contributed by atoms with Crippen molar-refractivity contribution in [1.29, 1.82) is 5.26 Å². The standard InChI is InChI=1S/C22H16ClN3O3/c1-13-7-9-16(11-14(13)2)26-21(27)18(12-24)17(20(25-26)22(28)29)10-8-15-5-3-4-6-19(15)23/h3-11H,1-2H3,(H,28,29)/b10-8-. The van der Waals surface area contributed by atoms with Crippen LogP contribution in [0.15, 0.2) is 47.3 Å². The Labute approximate surface area is 171 Å². The van der Waals surface area contributed by atoms with Gasteiger partial charge in [0.1, 0.15) is 11.6 Å². The molecule has 0 spiro atoms. The molecular formula is C22H16ClN3O3. The zero-order valence-corrected chi connectivity index (χ0v) is 16.4. The molecule has 1 aromatic heterocycles. The van der Waals surface area contributed by atoms with Gasteiger partial charge in [0.15, 0.2) is 5.69 Å². The van der Waals surface area contributed by atoms with E-state index in [1.165, 1.54) is 6.08 Å². The number of carbonyl (C=O) groups is 1. The Kier molecular flexibility index (Phi) is 5.62. The van der Waals surface area contributed by atoms with Gasteiger partial charge in [-0.15, -0.1) is 0 Å². The first-order valence-electron chi connectivity index (χ1n) is 8.64. The molecule has 7 heteroatoms. The number of aromatic nitrogens is 2. The second-order valence-electron chi connectivity index (χ2n) is 6.39. The molecule has 0 radical (unpaired) electrons. The molecule has 1 N–H and O–H groups in total. The first kappa shape index (κ1) is 20.1. The van der Waals surface area contributed by atoms with Crippen LogP contribution in [0.5, 0.6) is 0 Å². The van der Waals surface area contributed by atoms with Crippen LogP contribution in [0.4, 0.5) is 0 Å². The molecule has 1 heterocycles. The number of nitriles is 1. The third kappa shape index (κ3) is 3.96. The fourth-order valence-corrected chi connectivity index (χ4v) is 2.98. The molecule has 0 bridgehead atoms. The number of aromatic carboxylic acids is 1. The lowest BCUT2D eigenvalue weighted by Crippen LogP contribution is -2.28. The number of nitrogens with zero attached hydrogens (tertiary/aromatic N) is 3. The van der Waals surface area contributed by atoms with E-state index in [2.05, 4.69) is 5.10 Å². The Balaban J connectivity index is 2.25. The number of carboxylic acids is 1. The van der Waals surface area contributed by atoms with Crippen LogP contribution in [0.25, 0.3) is 17.8 Å². The van der Waals surface area contributed by atoms with Crippen molar-refractivity contribution in [3.63, 3.8) is 0 Å². The number of rotatable bonds is 4. The van der Waals surface area contributed by atoms with Crippen LogP contribution in [-0.2, 0) is 0 Å². The van der Waals surface area contributed by atoms with Crippen molar-refractivity contribution in [3.8, 4) is 11.8 Å². The summed E-state index contributed by atoms with van der Waals surface area (Å²) in [5, 5.41) is 23.7. The van der Waals surface area contributed by atoms with Crippen molar-refractivity contribution in [2.24, 2.45) is 0 Å². The van der Waals surface area contributed by atoms with Crippen molar-refractivity contribution in [2.45, 2.75) is 13.8 Å². The van der Waals surface area contributed by atoms with Crippen LogP contribution in [0.1, 0.15) is 38.3 Å². The first-order valence-corrected chi connectivity index (χ1v) is 9.02. The van der Waals surface area contributed by atoms with Crippen molar-refractivity contribution in [3.05, 3.63) is 91.4 Å². The van der Waals surface area contributed by atoms with E-state index < -0.39 is 17.2 Å². The number of hydrogen-bond donors (Lipinski definition) is 1. The molecule has 0 amide bonds. The quantitative estimate of drug-likeness (QED) is 0.700. The summed E-state index contributed by atoms with van der Waals surface area (Å²) >= 11 is 6.12. The Morgan fingerprint density at radius 3 is 2.52 bits per heavy atom. The summed E-state index contributed by atoms with van der Waals surface area (Å²) in [6.45, 7) is 3.79. The van der Waals surface area contributed by atoms with Gasteiger partial charge in [0, 0.05) is 10.6 Å². The molecule has 2 aromatic carbocycles. The SMILES string of the molecule is Cc1ccc(-n2nc(C(=O)O)c(/C=C\c3ccccc3Cl)c(C#N)c2=O)cc1C. The van der Waals surface area contributed by atoms with Gasteiger partial charge in [0.2, 0.25) is 0 Å². The summed E-state index contributed by atoms with van der Waals surface area (Å²) in [6.07, 6.45) is 2.93. The van der Waals surface area contributed by atoms with Gasteiger partial charge < -0.3 is 5.11 Å². The maximum atomic E-state index is 12.9. The van der Waals surface area contributed by atoms with E-state index >= 15 is 0 Å². The third-order valence-corrected chi connectivity index (χ3v) is 4.86. The number of benzene rings is 2. The molecule has 0 aliphatic heterocycles. The molecule has 3 rings (SSSR count). The fraction of sp³-hybridized carbons (Fsp3) is 0.0909. The molecule has 0 atom stereocenters. The van der Waals surface area contributed by atoms with Gasteiger partial charge in [-0.25, -0.2) is 4.79 Å². The van der Waals surface area contributed by atoms with Crippen molar-refractivity contribution in [1.82, 2.24) is 9.78 Å². The summed E-state index contributed by atoms with van der Waals surface area (Å²) in [5.41, 5.74) is 1.46. The molecule has 0 fully saturated rings. The predicted octanol–water partition coefficient (Wildman–Crippen LogP) is 4.24. The number of hydrogen-bond acceptors (Lipinski definition) is 4. The van der Waals surface area contributed by atoms with E-state index in [0.29, 0.717) is 16.3 Å². The van der Waals surface area contributed by atoms with Gasteiger partial charge in [0.25, 0.3) is 5.56 Å². The predicted molar refractivity (Wildman–Crippen MR) is 111 cm³/mol. The first-order chi connectivity index (χ1) is 13.8. The Morgan fingerprint density at radius 1 is 1.17 bits per heavy atom. The molecule has 3 aromatic rings. The maximum Gasteiger partial charge on any atom is 0.357 e. The lowest BCUT2D eigenvalue weighted by molar-refractivity contribution is 0.0688. The van der Waals surface area contributed by atoms with E-state index in [1.807, 2.05) is 19.9 Å². The number of halogens is 1. The number of carboxylic acid groups (broad SMARTS) is 1. The smallest absolute Gasteiger partial charge is 0.357 e. The molecule has 144 valence electrons. The molecule has 0 saturated heterocycles. The highest BCUT2D eigenvalue weighted by molar-refractivity contribution is 6.32. The molecule has 6 nitrogen and oxygen atoms in total. The highest BCUT2D eigenvalue weighted by Gasteiger charge is 2.21. The Hall–Kier alpha value is -3.69. The van der Waals surface area contributed by atoms with Gasteiger partial charge in [-0.3, -0.25) is 4.79 Å². The zero-order valence-electron chi connectivity index (χ0n) is 15.7. The van der Waals surface area contributed by atoms with Gasteiger partial charge in [-0.2, -0.15) is 15.0 Å². The lowest BCUT2D eigenvalue weighted by atomic mass is 10.1. The van der Waals surface area contributed by atoms with E-state index in [4.69, 9.17) is 11.6 Å². The largest absolute Gasteiger partial charge is 0.476 e. The maximum absolute atomic E-state index is 12.9. The summed E-state index contributed by atoms with van der Waals surface area (Å²) in [5.74, 6) is -1.35. The third-order valence-electron chi connectivity index (χ3n) is 4.51. The Bertz CT molecular complexity index is 1250. The van der Waals surface area contributed by atoms with Gasteiger partial charge in [-0.1, -0.05) is 48.0 Å². The summed E-state index contributed by atoms with van der Waals surface area (Å²) in [6, 6.07) is 13.9. The number of aryl methyl sites for hydroxylation is 2. The van der Waals surface area contributed by atoms with Gasteiger partial charge >= 0.3 is 5.97 Å². The summed E-state index contributed by atoms with van der Waals surface area (Å²) in [7, 11) is 0. The minimum absolute atomic E-state index is 0.0648. The molecule has 0 aliphatic carbocycles. The molecular weight excluding hydrogens is 390 g/mol. The molecule has 0 unspecified atom stereocenters. The summed E-state index contributed by atoms with van der Waals surface area (Å²) < 4.78 is 0.946. The lowest BCUT2D eigenvalue weighted by Gasteiger charge is -2.11. The normalized spacial score (nSPS) is 10.8. The van der Waals surface area contributed by atoms with Crippen molar-refractivity contribution >= 4 is 29.7 Å². The highest BCUT2D eigenvalue weighted by atomic mass is 35.5. The monoisotopic (exact) mass is 405 g/mol.